The zero-order valence-corrected chi connectivity index (χ0v) is 35.4. The molecule has 0 aliphatic rings. The van der Waals surface area contributed by atoms with Gasteiger partial charge in [-0.1, -0.05) is 176 Å². The van der Waals surface area contributed by atoms with Crippen molar-refractivity contribution in [2.24, 2.45) is 0 Å². The largest absolute Gasteiger partial charge is 0.311 e. The van der Waals surface area contributed by atoms with Crippen LogP contribution in [0.25, 0.3) is 71.3 Å². The lowest BCUT2D eigenvalue weighted by Gasteiger charge is -2.28. The minimum Gasteiger partial charge on any atom is -0.311 e. The van der Waals surface area contributed by atoms with Crippen LogP contribution in [0.1, 0.15) is 5.48 Å². The van der Waals surface area contributed by atoms with Crippen LogP contribution in [-0.4, -0.2) is 4.57 Å². The first-order chi connectivity index (χ1) is 33.9. The molecule has 0 unspecified atom stereocenters. The van der Waals surface area contributed by atoms with Crippen LogP contribution in [0.4, 0.5) is 34.1 Å². The van der Waals surface area contributed by atoms with Gasteiger partial charge >= 0.3 is 0 Å². The summed E-state index contributed by atoms with van der Waals surface area (Å²) in [7, 11) is 0. The van der Waals surface area contributed by atoms with Gasteiger partial charge in [-0.05, 0) is 123 Å². The highest BCUT2D eigenvalue weighted by atomic mass is 15.1. The van der Waals surface area contributed by atoms with Crippen molar-refractivity contribution in [2.75, 3.05) is 9.80 Å². The van der Waals surface area contributed by atoms with Crippen LogP contribution in [0.3, 0.4) is 0 Å². The van der Waals surface area contributed by atoms with Crippen LogP contribution in [0.15, 0.2) is 261 Å². The molecule has 3 heteroatoms. The van der Waals surface area contributed by atoms with E-state index in [9.17, 15) is 5.48 Å². The minimum absolute atomic E-state index is 0.115. The minimum atomic E-state index is -0.130. The molecule has 0 fully saturated rings. The molecule has 0 amide bonds. The highest BCUT2D eigenvalue weighted by molar-refractivity contribution is 6.11. The number of benzene rings is 11. The summed E-state index contributed by atoms with van der Waals surface area (Å²) in [5.74, 6) is 0. The van der Waals surface area contributed by atoms with Gasteiger partial charge in [0.25, 0.3) is 0 Å². The van der Waals surface area contributed by atoms with Crippen LogP contribution in [0.5, 0.6) is 0 Å². The summed E-state index contributed by atoms with van der Waals surface area (Å²) in [6.45, 7) is 0. The molecule has 0 spiro atoms. The van der Waals surface area contributed by atoms with Crippen LogP contribution >= 0.6 is 0 Å². The average Bonchev–Trinajstić information content (AvgIpc) is 3.74. The monoisotopic (exact) mass is 833 g/mol. The van der Waals surface area contributed by atoms with E-state index in [1.165, 1.54) is 5.39 Å². The van der Waals surface area contributed by atoms with Gasteiger partial charge in [0.05, 0.1) is 22.2 Å². The Kier molecular flexibility index (Phi) is 8.47. The van der Waals surface area contributed by atoms with Crippen molar-refractivity contribution in [3.63, 3.8) is 0 Å². The number of anilines is 6. The molecule has 1 aromatic heterocycles. The van der Waals surface area contributed by atoms with Crippen LogP contribution in [0, 0.1) is 0 Å². The quantitative estimate of drug-likeness (QED) is 0.144. The molecule has 0 aliphatic carbocycles. The molecule has 12 rings (SSSR count). The van der Waals surface area contributed by atoms with Crippen molar-refractivity contribution in [1.29, 1.82) is 0 Å². The molecule has 0 saturated heterocycles. The van der Waals surface area contributed by atoms with Gasteiger partial charge in [0.2, 0.25) is 0 Å². The molecule has 3 nitrogen and oxygen atoms in total. The molecular formula is C62H43N3. The van der Waals surface area contributed by atoms with Crippen LogP contribution < -0.4 is 9.80 Å². The maximum Gasteiger partial charge on any atom is 0.0645 e. The summed E-state index contributed by atoms with van der Waals surface area (Å²) in [6, 6.07) is 80.1. The molecule has 11 aromatic carbocycles. The second kappa shape index (κ2) is 16.2. The fourth-order valence-electron chi connectivity index (χ4n) is 9.37. The molecule has 306 valence electrons. The molecule has 0 radical (unpaired) electrons. The Morgan fingerprint density at radius 1 is 0.308 bits per heavy atom. The Morgan fingerprint density at radius 3 is 1.68 bits per heavy atom. The maximum atomic E-state index is 9.72. The van der Waals surface area contributed by atoms with Crippen molar-refractivity contribution in [3.05, 3.63) is 261 Å². The standard InChI is InChI=1S/C62H43N3/c1-4-16-44(17-5-1)46-30-35-51(36-31-46)63(49-20-6-2-7-21-49)52-37-33-47(34-38-52)55-25-14-27-57-56(55)26-15-29-60(57)64(53-39-32-45-18-10-11-19-48(45)42-53)54-40-41-59-58-24-12-13-28-61(58)65(62(59)43-54)50-22-8-3-9-23-50/h1-43H/i33D,34D,37D,38D. The molecule has 0 saturated carbocycles. The van der Waals surface area contributed by atoms with Gasteiger partial charge < -0.3 is 14.4 Å². The number of hydrogen-bond acceptors (Lipinski definition) is 2. The van der Waals surface area contributed by atoms with Crippen molar-refractivity contribution in [3.8, 4) is 27.9 Å². The van der Waals surface area contributed by atoms with E-state index in [4.69, 9.17) is 0 Å². The zero-order chi connectivity index (χ0) is 46.6. The Bertz CT molecular complexity index is 3860. The third-order valence-electron chi connectivity index (χ3n) is 12.4. The van der Waals surface area contributed by atoms with Crippen LogP contribution in [0.2, 0.25) is 0 Å². The van der Waals surface area contributed by atoms with Crippen molar-refractivity contribution in [1.82, 2.24) is 4.57 Å². The summed E-state index contributed by atoms with van der Waals surface area (Å²) in [5.41, 5.74) is 10.7. The normalized spacial score (nSPS) is 12.2. The summed E-state index contributed by atoms with van der Waals surface area (Å²) in [4.78, 5) is 4.12. The van der Waals surface area contributed by atoms with E-state index in [0.29, 0.717) is 5.56 Å². The number of nitrogens with zero attached hydrogens (tertiary/aromatic N) is 3. The van der Waals surface area contributed by atoms with Gasteiger partial charge in [0, 0.05) is 50.3 Å². The fraction of sp³-hybridized carbons (Fsp3) is 0. The van der Waals surface area contributed by atoms with E-state index >= 15 is 0 Å². The number of fused-ring (bicyclic) bond motifs is 5. The number of rotatable bonds is 9. The average molecular weight is 834 g/mol. The highest BCUT2D eigenvalue weighted by Gasteiger charge is 2.21. The molecule has 1 heterocycles. The molecular weight excluding hydrogens is 787 g/mol. The third kappa shape index (κ3) is 6.87. The summed E-state index contributed by atoms with van der Waals surface area (Å²) >= 11 is 0. The third-order valence-corrected chi connectivity index (χ3v) is 12.4. The second-order valence-electron chi connectivity index (χ2n) is 16.2. The number of aromatic nitrogens is 1. The Hall–Kier alpha value is -8.66. The second-order valence-corrected chi connectivity index (χ2v) is 16.2. The van der Waals surface area contributed by atoms with Crippen molar-refractivity contribution in [2.45, 2.75) is 0 Å². The molecule has 0 bridgehead atoms. The van der Waals surface area contributed by atoms with Gasteiger partial charge in [-0.25, -0.2) is 0 Å². The first-order valence-electron chi connectivity index (χ1n) is 23.9. The summed E-state index contributed by atoms with van der Waals surface area (Å²) < 4.78 is 41.1. The van der Waals surface area contributed by atoms with Crippen molar-refractivity contribution < 1.29 is 5.48 Å². The van der Waals surface area contributed by atoms with E-state index in [1.807, 2.05) is 108 Å². The lowest BCUT2D eigenvalue weighted by atomic mass is 9.96. The first kappa shape index (κ1) is 33.9. The maximum absolute atomic E-state index is 9.72. The van der Waals surface area contributed by atoms with E-state index < -0.39 is 0 Å². The first-order valence-corrected chi connectivity index (χ1v) is 21.9. The molecule has 0 atom stereocenters. The number of para-hydroxylation sites is 3. The summed E-state index contributed by atoms with van der Waals surface area (Å²) in [5, 5.41) is 6.29. The van der Waals surface area contributed by atoms with E-state index in [1.54, 1.807) is 0 Å². The van der Waals surface area contributed by atoms with Crippen molar-refractivity contribution >= 4 is 77.5 Å². The lowest BCUT2D eigenvalue weighted by Crippen LogP contribution is -2.11. The number of hydrogen-bond donors (Lipinski definition) is 0. The van der Waals surface area contributed by atoms with Gasteiger partial charge in [-0.15, -0.1) is 0 Å². The topological polar surface area (TPSA) is 11.4 Å². The molecule has 65 heavy (non-hydrogen) atoms. The molecule has 0 N–H and O–H groups in total. The smallest absolute Gasteiger partial charge is 0.0645 e. The predicted octanol–water partition coefficient (Wildman–Crippen LogP) is 17.4. The SMILES string of the molecule is [2H]c1c([2H])c(N(c2ccccc2)c2ccc(-c3ccccc3)cc2)c([2H])c([2H])c1-c1cccc2c(N(c3ccc4ccccc4c3)c3ccc4c5ccccc5n(-c5ccccc5)c4c3)cccc12. The molecule has 0 aliphatic heterocycles. The Balaban J connectivity index is 1.04. The van der Waals surface area contributed by atoms with E-state index in [0.717, 1.165) is 83.2 Å². The van der Waals surface area contributed by atoms with E-state index in [-0.39, 0.29) is 35.4 Å². The Labute approximate surface area is 384 Å². The van der Waals surface area contributed by atoms with Crippen LogP contribution in [-0.2, 0) is 0 Å². The lowest BCUT2D eigenvalue weighted by molar-refractivity contribution is 1.18. The fourth-order valence-corrected chi connectivity index (χ4v) is 9.37. The highest BCUT2D eigenvalue weighted by Crippen LogP contribution is 2.45. The van der Waals surface area contributed by atoms with Gasteiger partial charge in [0.15, 0.2) is 0 Å². The predicted molar refractivity (Wildman–Crippen MR) is 276 cm³/mol. The summed E-state index contributed by atoms with van der Waals surface area (Å²) in [6.07, 6.45) is 0. The Morgan fingerprint density at radius 2 is 0.877 bits per heavy atom. The van der Waals surface area contributed by atoms with Gasteiger partial charge in [-0.2, -0.15) is 0 Å². The van der Waals surface area contributed by atoms with E-state index in [2.05, 4.69) is 143 Å². The van der Waals surface area contributed by atoms with Gasteiger partial charge in [0.1, 0.15) is 0 Å². The molecule has 12 aromatic rings. The zero-order valence-electron chi connectivity index (χ0n) is 39.4. The van der Waals surface area contributed by atoms with Gasteiger partial charge in [-0.3, -0.25) is 0 Å².